The van der Waals surface area contributed by atoms with Crippen LogP contribution in [0.1, 0.15) is 11.3 Å². The summed E-state index contributed by atoms with van der Waals surface area (Å²) in [4.78, 5) is 29.1. The van der Waals surface area contributed by atoms with Crippen molar-refractivity contribution >= 4 is 46.0 Å². The van der Waals surface area contributed by atoms with Gasteiger partial charge in [0.05, 0.1) is 33.4 Å². The molecule has 4 aromatic carbocycles. The minimum atomic E-state index is -0.314. The Balaban J connectivity index is 1.21. The van der Waals surface area contributed by atoms with Crippen LogP contribution in [0.25, 0.3) is 40.0 Å². The number of carbonyl (C=O) groups is 1. The molecule has 6 aromatic rings. The number of rotatable bonds is 6. The van der Waals surface area contributed by atoms with Crippen molar-refractivity contribution in [2.75, 3.05) is 4.90 Å². The smallest absolute Gasteiger partial charge is 0.283 e. The standard InChI is InChI=1S/C36H27N5O2S2/c1-24-33(35(43)41(38(24)2)29-16-10-5-11-17-29)39-34(42)32(45-36(39)44)22-25-18-20-28(21-19-25)40-31(27-14-8-4-9-15-27)23-30(37-40)26-12-6-3-7-13-26/h3-23H,1-2H3/b32-22-. The first-order valence-corrected chi connectivity index (χ1v) is 15.6. The van der Waals surface area contributed by atoms with Gasteiger partial charge in [-0.1, -0.05) is 115 Å². The summed E-state index contributed by atoms with van der Waals surface area (Å²) in [6, 6.07) is 39.6. The number of aromatic nitrogens is 4. The van der Waals surface area contributed by atoms with E-state index in [2.05, 4.69) is 30.3 Å². The highest BCUT2D eigenvalue weighted by Crippen LogP contribution is 2.37. The van der Waals surface area contributed by atoms with Crippen LogP contribution in [0.2, 0.25) is 0 Å². The number of benzene rings is 4. The van der Waals surface area contributed by atoms with Gasteiger partial charge in [0, 0.05) is 18.2 Å². The van der Waals surface area contributed by atoms with Gasteiger partial charge in [0.2, 0.25) is 0 Å². The molecule has 2 aromatic heterocycles. The van der Waals surface area contributed by atoms with Crippen LogP contribution in [0, 0.1) is 6.92 Å². The number of anilines is 1. The molecular formula is C36H27N5O2S2. The highest BCUT2D eigenvalue weighted by Gasteiger charge is 2.37. The Morgan fingerprint density at radius 3 is 2.00 bits per heavy atom. The molecule has 0 bridgehead atoms. The fourth-order valence-electron chi connectivity index (χ4n) is 5.48. The molecule has 1 amide bonds. The summed E-state index contributed by atoms with van der Waals surface area (Å²) in [6.45, 7) is 1.82. The van der Waals surface area contributed by atoms with Gasteiger partial charge < -0.3 is 0 Å². The topological polar surface area (TPSA) is 65.1 Å². The van der Waals surface area contributed by atoms with Crippen molar-refractivity contribution in [1.82, 2.24) is 19.1 Å². The van der Waals surface area contributed by atoms with Gasteiger partial charge in [0.15, 0.2) is 4.32 Å². The van der Waals surface area contributed by atoms with E-state index in [4.69, 9.17) is 17.3 Å². The van der Waals surface area contributed by atoms with Crippen molar-refractivity contribution in [3.05, 3.63) is 148 Å². The van der Waals surface area contributed by atoms with Crippen LogP contribution in [-0.2, 0) is 11.8 Å². The molecule has 0 unspecified atom stereocenters. The van der Waals surface area contributed by atoms with Gasteiger partial charge in [-0.05, 0) is 48.9 Å². The molecule has 0 saturated carbocycles. The van der Waals surface area contributed by atoms with Gasteiger partial charge in [-0.2, -0.15) is 5.10 Å². The van der Waals surface area contributed by atoms with E-state index in [0.717, 1.165) is 33.8 Å². The summed E-state index contributed by atoms with van der Waals surface area (Å²) in [5.41, 5.74) is 7.00. The van der Waals surface area contributed by atoms with Crippen LogP contribution >= 0.6 is 24.0 Å². The Labute approximate surface area is 269 Å². The van der Waals surface area contributed by atoms with Crippen LogP contribution in [0.15, 0.2) is 131 Å². The normalized spacial score (nSPS) is 14.1. The summed E-state index contributed by atoms with van der Waals surface area (Å²) in [5, 5.41) is 4.96. The Hall–Kier alpha value is -5.25. The second kappa shape index (κ2) is 11.7. The van der Waals surface area contributed by atoms with Gasteiger partial charge in [0.25, 0.3) is 11.5 Å². The van der Waals surface area contributed by atoms with Crippen molar-refractivity contribution in [3.8, 4) is 33.9 Å². The van der Waals surface area contributed by atoms with E-state index in [1.165, 1.54) is 16.7 Å². The molecule has 1 saturated heterocycles. The van der Waals surface area contributed by atoms with Crippen molar-refractivity contribution in [1.29, 1.82) is 0 Å². The lowest BCUT2D eigenvalue weighted by Gasteiger charge is -2.12. The number of carbonyl (C=O) groups excluding carboxylic acids is 1. The van der Waals surface area contributed by atoms with E-state index in [1.807, 2.05) is 109 Å². The molecule has 1 aliphatic rings. The molecule has 0 atom stereocenters. The number of hydrogen-bond acceptors (Lipinski definition) is 5. The number of nitrogens with zero attached hydrogens (tertiary/aromatic N) is 5. The maximum atomic E-state index is 13.7. The SMILES string of the molecule is Cc1c(N2C(=O)/C(=C/c3ccc(-n4nc(-c5ccccc5)cc4-c4ccccc4)cc3)SC2=S)c(=O)n(-c2ccccc2)n1C. The monoisotopic (exact) mass is 625 g/mol. The first-order valence-electron chi connectivity index (χ1n) is 14.3. The van der Waals surface area contributed by atoms with Crippen LogP contribution in [0.3, 0.4) is 0 Å². The molecular weight excluding hydrogens is 599 g/mol. The molecule has 0 N–H and O–H groups in total. The lowest BCUT2D eigenvalue weighted by atomic mass is 10.1. The van der Waals surface area contributed by atoms with Crippen molar-refractivity contribution in [2.24, 2.45) is 7.05 Å². The van der Waals surface area contributed by atoms with E-state index in [0.29, 0.717) is 20.6 Å². The first kappa shape index (κ1) is 28.5. The van der Waals surface area contributed by atoms with E-state index < -0.39 is 0 Å². The summed E-state index contributed by atoms with van der Waals surface area (Å²) in [6.07, 6.45) is 1.81. The van der Waals surface area contributed by atoms with Crippen molar-refractivity contribution < 1.29 is 4.79 Å². The first-order chi connectivity index (χ1) is 21.9. The van der Waals surface area contributed by atoms with Gasteiger partial charge in [-0.3, -0.25) is 19.2 Å². The third-order valence-corrected chi connectivity index (χ3v) is 9.13. The Bertz CT molecular complexity index is 2150. The predicted octanol–water partition coefficient (Wildman–Crippen LogP) is 7.41. The molecule has 9 heteroatoms. The average molecular weight is 626 g/mol. The van der Waals surface area contributed by atoms with Crippen LogP contribution in [0.5, 0.6) is 0 Å². The minimum Gasteiger partial charge on any atom is -0.283 e. The van der Waals surface area contributed by atoms with Gasteiger partial charge in [0.1, 0.15) is 5.69 Å². The zero-order valence-electron chi connectivity index (χ0n) is 24.5. The number of thiocarbonyl (C=S) groups is 1. The summed E-state index contributed by atoms with van der Waals surface area (Å²) < 4.78 is 5.56. The quantitative estimate of drug-likeness (QED) is 0.143. The maximum absolute atomic E-state index is 13.7. The molecule has 45 heavy (non-hydrogen) atoms. The minimum absolute atomic E-state index is 0.268. The molecule has 0 spiro atoms. The zero-order valence-corrected chi connectivity index (χ0v) is 26.1. The molecule has 220 valence electrons. The Kier molecular flexibility index (Phi) is 7.40. The largest absolute Gasteiger partial charge is 0.296 e. The average Bonchev–Trinajstić information content (AvgIpc) is 3.70. The van der Waals surface area contributed by atoms with E-state index >= 15 is 0 Å². The second-order valence-corrected chi connectivity index (χ2v) is 12.3. The molecule has 1 fully saturated rings. The van der Waals surface area contributed by atoms with E-state index in [-0.39, 0.29) is 17.2 Å². The second-order valence-electron chi connectivity index (χ2n) is 10.6. The number of thioether (sulfide) groups is 1. The number of para-hydroxylation sites is 1. The van der Waals surface area contributed by atoms with Crippen LogP contribution < -0.4 is 10.5 Å². The lowest BCUT2D eigenvalue weighted by molar-refractivity contribution is -0.113. The fourth-order valence-corrected chi connectivity index (χ4v) is 6.75. The summed E-state index contributed by atoms with van der Waals surface area (Å²) in [5.74, 6) is -0.314. The number of hydrogen-bond donors (Lipinski definition) is 0. The zero-order chi connectivity index (χ0) is 31.1. The van der Waals surface area contributed by atoms with Gasteiger partial charge in [-0.25, -0.2) is 9.36 Å². The lowest BCUT2D eigenvalue weighted by Crippen LogP contribution is -2.33. The van der Waals surface area contributed by atoms with E-state index in [1.54, 1.807) is 16.4 Å². The van der Waals surface area contributed by atoms with E-state index in [9.17, 15) is 9.59 Å². The third kappa shape index (κ3) is 5.16. The number of amides is 1. The highest BCUT2D eigenvalue weighted by atomic mass is 32.2. The maximum Gasteiger partial charge on any atom is 0.296 e. The third-order valence-electron chi connectivity index (χ3n) is 7.83. The highest BCUT2D eigenvalue weighted by molar-refractivity contribution is 8.27. The Morgan fingerprint density at radius 2 is 1.36 bits per heavy atom. The predicted molar refractivity (Wildman–Crippen MR) is 186 cm³/mol. The molecule has 7 nitrogen and oxygen atoms in total. The van der Waals surface area contributed by atoms with Crippen molar-refractivity contribution in [2.45, 2.75) is 6.92 Å². The molecule has 1 aliphatic heterocycles. The van der Waals surface area contributed by atoms with Gasteiger partial charge in [-0.15, -0.1) is 0 Å². The fraction of sp³-hybridized carbons (Fsp3) is 0.0556. The van der Waals surface area contributed by atoms with Crippen molar-refractivity contribution in [3.63, 3.8) is 0 Å². The van der Waals surface area contributed by atoms with Crippen LogP contribution in [0.4, 0.5) is 5.69 Å². The Morgan fingerprint density at radius 1 is 0.756 bits per heavy atom. The molecule has 3 heterocycles. The molecule has 0 radical (unpaired) electrons. The molecule has 7 rings (SSSR count). The molecule has 0 aliphatic carbocycles. The summed E-state index contributed by atoms with van der Waals surface area (Å²) in [7, 11) is 1.80. The van der Waals surface area contributed by atoms with Gasteiger partial charge >= 0.3 is 0 Å². The van der Waals surface area contributed by atoms with Crippen LogP contribution in [-0.4, -0.2) is 29.4 Å². The summed E-state index contributed by atoms with van der Waals surface area (Å²) >= 11 is 6.82.